The largest absolute Gasteiger partial charge is 0.301 e. The third-order valence-electron chi connectivity index (χ3n) is 4.15. The molecular weight excluding hydrogens is 445 g/mol. The average Bonchev–Trinajstić information content (AvgIpc) is 3.20. The lowest BCUT2D eigenvalue weighted by atomic mass is 10.2. The van der Waals surface area contributed by atoms with Crippen LogP contribution in [-0.2, 0) is 14.8 Å². The van der Waals surface area contributed by atoms with Crippen molar-refractivity contribution in [3.05, 3.63) is 65.8 Å². The third kappa shape index (κ3) is 5.66. The molecule has 0 saturated carbocycles. The second-order valence-corrected chi connectivity index (χ2v) is 9.81. The van der Waals surface area contributed by atoms with Gasteiger partial charge in [-0.3, -0.25) is 4.79 Å². The first-order valence-electron chi connectivity index (χ1n) is 8.98. The van der Waals surface area contributed by atoms with Gasteiger partial charge in [-0.25, -0.2) is 17.8 Å². The molecule has 10 heteroatoms. The van der Waals surface area contributed by atoms with Crippen LogP contribution in [0.1, 0.15) is 6.42 Å². The molecule has 30 heavy (non-hydrogen) atoms. The van der Waals surface area contributed by atoms with Crippen LogP contribution in [0.4, 0.5) is 9.52 Å². The van der Waals surface area contributed by atoms with Crippen LogP contribution in [-0.4, -0.2) is 37.4 Å². The SMILES string of the molecule is CSCCC(NS(=O)(=O)c1ccccc1F)C(=O)Nc1nc(-c2ccccc2)cs1. The van der Waals surface area contributed by atoms with Gasteiger partial charge in [0, 0.05) is 10.9 Å². The molecule has 0 aliphatic carbocycles. The Bertz CT molecular complexity index is 1100. The Kier molecular flexibility index (Phi) is 7.59. The summed E-state index contributed by atoms with van der Waals surface area (Å²) >= 11 is 2.72. The number of hydrogen-bond acceptors (Lipinski definition) is 6. The number of thioether (sulfide) groups is 1. The molecule has 158 valence electrons. The zero-order valence-corrected chi connectivity index (χ0v) is 18.5. The van der Waals surface area contributed by atoms with E-state index < -0.39 is 32.7 Å². The Morgan fingerprint density at radius 2 is 1.87 bits per heavy atom. The van der Waals surface area contributed by atoms with Crippen LogP contribution in [0, 0.1) is 5.82 Å². The summed E-state index contributed by atoms with van der Waals surface area (Å²) in [4.78, 5) is 16.7. The summed E-state index contributed by atoms with van der Waals surface area (Å²) in [6, 6.07) is 13.5. The molecule has 0 radical (unpaired) electrons. The van der Waals surface area contributed by atoms with Crippen molar-refractivity contribution in [2.24, 2.45) is 0 Å². The number of rotatable bonds is 9. The number of halogens is 1. The number of aromatic nitrogens is 1. The van der Waals surface area contributed by atoms with E-state index in [1.54, 1.807) is 0 Å². The number of hydrogen-bond donors (Lipinski definition) is 2. The molecule has 2 aromatic carbocycles. The lowest BCUT2D eigenvalue weighted by Gasteiger charge is -2.17. The first-order valence-corrected chi connectivity index (χ1v) is 12.7. The lowest BCUT2D eigenvalue weighted by molar-refractivity contribution is -0.117. The van der Waals surface area contributed by atoms with Gasteiger partial charge in [0.15, 0.2) is 5.13 Å². The maximum absolute atomic E-state index is 14.0. The van der Waals surface area contributed by atoms with Crippen LogP contribution in [0.5, 0.6) is 0 Å². The molecule has 6 nitrogen and oxygen atoms in total. The van der Waals surface area contributed by atoms with Crippen molar-refractivity contribution >= 4 is 44.2 Å². The monoisotopic (exact) mass is 465 g/mol. The number of carbonyl (C=O) groups excluding carboxylic acids is 1. The van der Waals surface area contributed by atoms with Crippen molar-refractivity contribution in [1.29, 1.82) is 0 Å². The van der Waals surface area contributed by atoms with Crippen molar-refractivity contribution in [2.45, 2.75) is 17.4 Å². The maximum atomic E-state index is 14.0. The van der Waals surface area contributed by atoms with Crippen LogP contribution < -0.4 is 10.0 Å². The summed E-state index contributed by atoms with van der Waals surface area (Å²) < 4.78 is 41.5. The molecule has 3 rings (SSSR count). The zero-order valence-electron chi connectivity index (χ0n) is 16.0. The zero-order chi connectivity index (χ0) is 21.6. The van der Waals surface area contributed by atoms with Gasteiger partial charge in [-0.15, -0.1) is 11.3 Å². The van der Waals surface area contributed by atoms with E-state index in [1.807, 2.05) is 42.0 Å². The Hall–Kier alpha value is -2.27. The summed E-state index contributed by atoms with van der Waals surface area (Å²) in [7, 11) is -4.21. The predicted octanol–water partition coefficient (Wildman–Crippen LogP) is 3.99. The van der Waals surface area contributed by atoms with E-state index in [4.69, 9.17) is 0 Å². The summed E-state index contributed by atoms with van der Waals surface area (Å²) in [6.07, 6.45) is 2.10. The van der Waals surface area contributed by atoms with Crippen LogP contribution in [0.15, 0.2) is 64.9 Å². The molecule has 0 aliphatic heterocycles. The topological polar surface area (TPSA) is 88.2 Å². The molecule has 1 atom stereocenters. The summed E-state index contributed by atoms with van der Waals surface area (Å²) in [6.45, 7) is 0. The molecular formula is C20H20FN3O3S3. The van der Waals surface area contributed by atoms with Gasteiger partial charge < -0.3 is 5.32 Å². The highest BCUT2D eigenvalue weighted by Gasteiger charge is 2.27. The van der Waals surface area contributed by atoms with Crippen LogP contribution in [0.25, 0.3) is 11.3 Å². The Balaban J connectivity index is 1.76. The smallest absolute Gasteiger partial charge is 0.244 e. The first kappa shape index (κ1) is 22.4. The van der Waals surface area contributed by atoms with Crippen molar-refractivity contribution in [2.75, 3.05) is 17.3 Å². The molecule has 0 saturated heterocycles. The molecule has 1 amide bonds. The third-order valence-corrected chi connectivity index (χ3v) is 7.06. The van der Waals surface area contributed by atoms with Crippen molar-refractivity contribution < 1.29 is 17.6 Å². The fraction of sp³-hybridized carbons (Fsp3) is 0.200. The van der Waals surface area contributed by atoms with Gasteiger partial charge >= 0.3 is 0 Å². The highest BCUT2D eigenvalue weighted by molar-refractivity contribution is 7.98. The maximum Gasteiger partial charge on any atom is 0.244 e. The number of anilines is 1. The van der Waals surface area contributed by atoms with Gasteiger partial charge in [-0.2, -0.15) is 16.5 Å². The van der Waals surface area contributed by atoms with Crippen LogP contribution in [0.2, 0.25) is 0 Å². The van der Waals surface area contributed by atoms with E-state index in [0.29, 0.717) is 16.6 Å². The van der Waals surface area contributed by atoms with E-state index in [1.165, 1.54) is 35.2 Å². The van der Waals surface area contributed by atoms with Gasteiger partial charge in [-0.1, -0.05) is 42.5 Å². The standard InChI is InChI=1S/C20H20FN3O3S3/c1-28-12-11-16(24-30(26,27)18-10-6-5-9-15(18)21)19(25)23-20-22-17(13-29-20)14-7-3-2-4-8-14/h2-10,13,16,24H,11-12H2,1H3,(H,22,23,25). The quantitative estimate of drug-likeness (QED) is 0.499. The van der Waals surface area contributed by atoms with Crippen LogP contribution in [0.3, 0.4) is 0 Å². The number of carbonyl (C=O) groups is 1. The summed E-state index contributed by atoms with van der Waals surface area (Å²) in [5.74, 6) is -0.871. The number of sulfonamides is 1. The minimum absolute atomic E-state index is 0.248. The molecule has 1 heterocycles. The molecule has 0 aliphatic rings. The molecule has 1 aromatic heterocycles. The Morgan fingerprint density at radius 1 is 1.17 bits per heavy atom. The number of thiazole rings is 1. The highest BCUT2D eigenvalue weighted by Crippen LogP contribution is 2.25. The fourth-order valence-electron chi connectivity index (χ4n) is 2.66. The fourth-order valence-corrected chi connectivity index (χ4v) is 5.16. The Morgan fingerprint density at radius 3 is 2.57 bits per heavy atom. The molecule has 3 aromatic rings. The molecule has 2 N–H and O–H groups in total. The minimum Gasteiger partial charge on any atom is -0.301 e. The molecule has 0 spiro atoms. The number of benzene rings is 2. The number of nitrogens with zero attached hydrogens (tertiary/aromatic N) is 1. The first-order chi connectivity index (χ1) is 14.4. The second kappa shape index (κ2) is 10.2. The van der Waals surface area contributed by atoms with Gasteiger partial charge in [-0.05, 0) is 30.6 Å². The van der Waals surface area contributed by atoms with Gasteiger partial charge in [0.1, 0.15) is 16.8 Å². The van der Waals surface area contributed by atoms with Crippen molar-refractivity contribution in [1.82, 2.24) is 9.71 Å². The normalized spacial score (nSPS) is 12.5. The van der Waals surface area contributed by atoms with E-state index in [0.717, 1.165) is 17.7 Å². The molecule has 0 bridgehead atoms. The van der Waals surface area contributed by atoms with Crippen LogP contribution >= 0.6 is 23.1 Å². The van der Waals surface area contributed by atoms with Crippen molar-refractivity contribution in [3.8, 4) is 11.3 Å². The van der Waals surface area contributed by atoms with E-state index in [2.05, 4.69) is 15.0 Å². The van der Waals surface area contributed by atoms with E-state index >= 15 is 0 Å². The van der Waals surface area contributed by atoms with Crippen molar-refractivity contribution in [3.63, 3.8) is 0 Å². The van der Waals surface area contributed by atoms with Gasteiger partial charge in [0.25, 0.3) is 0 Å². The highest BCUT2D eigenvalue weighted by atomic mass is 32.2. The Labute approximate surface area is 183 Å². The molecule has 1 unspecified atom stereocenters. The summed E-state index contributed by atoms with van der Waals surface area (Å²) in [5, 5.41) is 4.84. The number of nitrogens with one attached hydrogen (secondary N) is 2. The predicted molar refractivity (Wildman–Crippen MR) is 120 cm³/mol. The van der Waals surface area contributed by atoms with E-state index in [9.17, 15) is 17.6 Å². The number of amides is 1. The van der Waals surface area contributed by atoms with Gasteiger partial charge in [0.05, 0.1) is 5.69 Å². The van der Waals surface area contributed by atoms with E-state index in [-0.39, 0.29) is 6.42 Å². The average molecular weight is 466 g/mol. The van der Waals surface area contributed by atoms with Gasteiger partial charge in [0.2, 0.25) is 15.9 Å². The summed E-state index contributed by atoms with van der Waals surface area (Å²) in [5.41, 5.74) is 1.62. The minimum atomic E-state index is -4.21. The molecule has 0 fully saturated rings. The second-order valence-electron chi connectivity index (χ2n) is 6.28. The lowest BCUT2D eigenvalue weighted by Crippen LogP contribution is -2.44.